The lowest BCUT2D eigenvalue weighted by molar-refractivity contribution is -0.138. The Morgan fingerprint density at radius 2 is 1.45 bits per heavy atom. The van der Waals surface area contributed by atoms with Gasteiger partial charge in [-0.15, -0.1) is 0 Å². The van der Waals surface area contributed by atoms with Crippen LogP contribution in [0.5, 0.6) is 0 Å². The first kappa shape index (κ1) is 26.3. The average Bonchev–Trinajstić information content (AvgIpc) is 2.66. The standard InChI is InChI=1S/C17H32N6O6/c1-10(2)15(17(29)22-9-14(26)27)23-13(25)8-20-12(24)7-21-16(28)11(19)5-3-4-6-18/h10-11,15H,3-9,18-19H2,1-2H3,(H,20,24)(H,21,28)(H,22,29)(H,23,25)(H,26,27)/t11-,15-/m0/s1. The van der Waals surface area contributed by atoms with Gasteiger partial charge in [-0.05, 0) is 25.3 Å². The summed E-state index contributed by atoms with van der Waals surface area (Å²) in [6.45, 7) is 2.54. The number of carbonyl (C=O) groups excluding carboxylic acids is 4. The van der Waals surface area contributed by atoms with Gasteiger partial charge in [0.2, 0.25) is 23.6 Å². The molecule has 166 valence electrons. The molecular weight excluding hydrogens is 384 g/mol. The van der Waals surface area contributed by atoms with Crippen molar-refractivity contribution in [2.24, 2.45) is 17.4 Å². The number of nitrogens with two attached hydrogens (primary N) is 2. The van der Waals surface area contributed by atoms with Crippen LogP contribution in [-0.4, -0.2) is 73.0 Å². The predicted molar refractivity (Wildman–Crippen MR) is 104 cm³/mol. The smallest absolute Gasteiger partial charge is 0.322 e. The first-order valence-electron chi connectivity index (χ1n) is 9.37. The van der Waals surface area contributed by atoms with E-state index in [0.29, 0.717) is 19.4 Å². The Hall–Kier alpha value is -2.73. The SMILES string of the molecule is CC(C)[C@H](NC(=O)CNC(=O)CNC(=O)[C@@H](N)CCCCN)C(=O)NCC(=O)O. The van der Waals surface area contributed by atoms with Crippen LogP contribution in [0.25, 0.3) is 0 Å². The lowest BCUT2D eigenvalue weighted by Gasteiger charge is -2.21. The fourth-order valence-corrected chi connectivity index (χ4v) is 2.21. The van der Waals surface area contributed by atoms with Gasteiger partial charge >= 0.3 is 5.97 Å². The average molecular weight is 416 g/mol. The Morgan fingerprint density at radius 1 is 0.862 bits per heavy atom. The van der Waals surface area contributed by atoms with E-state index in [0.717, 1.165) is 6.42 Å². The third kappa shape index (κ3) is 12.4. The number of unbranched alkanes of at least 4 members (excludes halogenated alkanes) is 1. The molecule has 0 aromatic carbocycles. The Bertz CT molecular complexity index is 583. The van der Waals surface area contributed by atoms with Crippen molar-refractivity contribution in [2.75, 3.05) is 26.2 Å². The van der Waals surface area contributed by atoms with Gasteiger partial charge in [0.05, 0.1) is 19.1 Å². The summed E-state index contributed by atoms with van der Waals surface area (Å²) < 4.78 is 0. The monoisotopic (exact) mass is 416 g/mol. The van der Waals surface area contributed by atoms with E-state index in [9.17, 15) is 24.0 Å². The Labute approximate surface area is 169 Å². The van der Waals surface area contributed by atoms with Gasteiger partial charge in [0.1, 0.15) is 12.6 Å². The molecule has 12 nitrogen and oxygen atoms in total. The molecule has 0 aromatic rings. The number of amides is 4. The zero-order valence-corrected chi connectivity index (χ0v) is 16.8. The van der Waals surface area contributed by atoms with E-state index >= 15 is 0 Å². The van der Waals surface area contributed by atoms with Gasteiger partial charge in [0.25, 0.3) is 0 Å². The molecule has 0 spiro atoms. The summed E-state index contributed by atoms with van der Waals surface area (Å²) in [6, 6.07) is -1.70. The van der Waals surface area contributed by atoms with E-state index in [1.165, 1.54) is 0 Å². The molecule has 0 radical (unpaired) electrons. The van der Waals surface area contributed by atoms with Gasteiger partial charge in [0.15, 0.2) is 0 Å². The number of carboxylic acids is 1. The lowest BCUT2D eigenvalue weighted by atomic mass is 10.0. The van der Waals surface area contributed by atoms with E-state index in [2.05, 4.69) is 21.3 Å². The van der Waals surface area contributed by atoms with Crippen LogP contribution in [0.4, 0.5) is 0 Å². The summed E-state index contributed by atoms with van der Waals surface area (Å²) in [6.07, 6.45) is 1.91. The molecule has 0 bridgehead atoms. The number of rotatable bonds is 14. The predicted octanol–water partition coefficient (Wildman–Crippen LogP) is -2.98. The van der Waals surface area contributed by atoms with Crippen molar-refractivity contribution in [1.29, 1.82) is 0 Å². The third-order valence-electron chi connectivity index (χ3n) is 3.85. The molecule has 0 saturated heterocycles. The topological polar surface area (TPSA) is 206 Å². The minimum atomic E-state index is -1.21. The van der Waals surface area contributed by atoms with E-state index in [1.54, 1.807) is 13.8 Å². The molecule has 0 rings (SSSR count). The molecule has 0 fully saturated rings. The quantitative estimate of drug-likeness (QED) is 0.145. The van der Waals surface area contributed by atoms with Crippen molar-refractivity contribution < 1.29 is 29.1 Å². The molecule has 0 saturated carbocycles. The Balaban J connectivity index is 4.29. The van der Waals surface area contributed by atoms with E-state index in [1.807, 2.05) is 0 Å². The van der Waals surface area contributed by atoms with Crippen LogP contribution in [-0.2, 0) is 24.0 Å². The zero-order valence-electron chi connectivity index (χ0n) is 16.8. The molecule has 12 heteroatoms. The van der Waals surface area contributed by atoms with Crippen molar-refractivity contribution in [3.05, 3.63) is 0 Å². The molecule has 0 unspecified atom stereocenters. The molecule has 4 amide bonds. The van der Waals surface area contributed by atoms with Crippen LogP contribution in [0.1, 0.15) is 33.1 Å². The molecule has 9 N–H and O–H groups in total. The molecule has 2 atom stereocenters. The van der Waals surface area contributed by atoms with Crippen molar-refractivity contribution >= 4 is 29.6 Å². The Morgan fingerprint density at radius 3 is 2.00 bits per heavy atom. The van der Waals surface area contributed by atoms with Gasteiger partial charge in [-0.25, -0.2) is 0 Å². The molecule has 0 heterocycles. The molecule has 0 aromatic heterocycles. The van der Waals surface area contributed by atoms with E-state index in [-0.39, 0.29) is 12.5 Å². The van der Waals surface area contributed by atoms with Crippen LogP contribution in [0.3, 0.4) is 0 Å². The van der Waals surface area contributed by atoms with E-state index in [4.69, 9.17) is 16.6 Å². The third-order valence-corrected chi connectivity index (χ3v) is 3.85. The fourth-order valence-electron chi connectivity index (χ4n) is 2.21. The normalized spacial score (nSPS) is 12.6. The van der Waals surface area contributed by atoms with Gasteiger partial charge < -0.3 is 37.8 Å². The van der Waals surface area contributed by atoms with Crippen LogP contribution < -0.4 is 32.7 Å². The summed E-state index contributed by atoms with van der Waals surface area (Å²) in [7, 11) is 0. The summed E-state index contributed by atoms with van der Waals surface area (Å²) in [5, 5.41) is 17.9. The van der Waals surface area contributed by atoms with Gasteiger partial charge in [-0.1, -0.05) is 20.3 Å². The van der Waals surface area contributed by atoms with Crippen LogP contribution in [0.15, 0.2) is 0 Å². The van der Waals surface area contributed by atoms with Gasteiger partial charge in [-0.3, -0.25) is 24.0 Å². The second-order valence-electron chi connectivity index (χ2n) is 6.79. The fraction of sp³-hybridized carbons (Fsp3) is 0.706. The Kier molecular flexibility index (Phi) is 12.9. The molecule has 0 aliphatic carbocycles. The van der Waals surface area contributed by atoms with Crippen LogP contribution in [0, 0.1) is 5.92 Å². The molecular formula is C17H32N6O6. The molecule has 29 heavy (non-hydrogen) atoms. The lowest BCUT2D eigenvalue weighted by Crippen LogP contribution is -2.53. The van der Waals surface area contributed by atoms with Crippen molar-refractivity contribution in [3.8, 4) is 0 Å². The minimum Gasteiger partial charge on any atom is -0.480 e. The number of carbonyl (C=O) groups is 5. The first-order valence-corrected chi connectivity index (χ1v) is 9.37. The van der Waals surface area contributed by atoms with Crippen molar-refractivity contribution in [3.63, 3.8) is 0 Å². The van der Waals surface area contributed by atoms with E-state index < -0.39 is 54.8 Å². The zero-order chi connectivity index (χ0) is 22.4. The maximum Gasteiger partial charge on any atom is 0.322 e. The largest absolute Gasteiger partial charge is 0.480 e. The second-order valence-corrected chi connectivity index (χ2v) is 6.79. The number of hydrogen-bond acceptors (Lipinski definition) is 7. The minimum absolute atomic E-state index is 0.302. The first-order chi connectivity index (χ1) is 13.6. The maximum atomic E-state index is 12.0. The second kappa shape index (κ2) is 14.3. The number of hydrogen-bond donors (Lipinski definition) is 7. The van der Waals surface area contributed by atoms with Crippen molar-refractivity contribution in [2.45, 2.75) is 45.2 Å². The number of carboxylic acid groups (broad SMARTS) is 1. The maximum absolute atomic E-state index is 12.0. The summed E-state index contributed by atoms with van der Waals surface area (Å²) in [5.74, 6) is -3.86. The highest BCUT2D eigenvalue weighted by Crippen LogP contribution is 2.01. The van der Waals surface area contributed by atoms with Gasteiger partial charge in [0, 0.05) is 0 Å². The number of nitrogens with one attached hydrogen (secondary N) is 4. The highest BCUT2D eigenvalue weighted by molar-refractivity contribution is 5.92. The number of aliphatic carboxylic acids is 1. The summed E-state index contributed by atoms with van der Waals surface area (Å²) >= 11 is 0. The summed E-state index contributed by atoms with van der Waals surface area (Å²) in [5.41, 5.74) is 11.1. The van der Waals surface area contributed by atoms with Crippen LogP contribution in [0.2, 0.25) is 0 Å². The van der Waals surface area contributed by atoms with Crippen LogP contribution >= 0.6 is 0 Å². The van der Waals surface area contributed by atoms with Crippen molar-refractivity contribution in [1.82, 2.24) is 21.3 Å². The van der Waals surface area contributed by atoms with Gasteiger partial charge in [-0.2, -0.15) is 0 Å². The molecule has 0 aliphatic rings. The molecule has 0 aliphatic heterocycles. The highest BCUT2D eigenvalue weighted by Gasteiger charge is 2.24. The highest BCUT2D eigenvalue weighted by atomic mass is 16.4. The summed E-state index contributed by atoms with van der Waals surface area (Å²) in [4.78, 5) is 58.0.